The van der Waals surface area contributed by atoms with E-state index in [9.17, 15) is 4.79 Å². The molecule has 1 heterocycles. The van der Waals surface area contributed by atoms with Gasteiger partial charge in [0.1, 0.15) is 5.69 Å². The Bertz CT molecular complexity index is 620. The second-order valence-corrected chi connectivity index (χ2v) is 4.71. The number of pyridine rings is 1. The molecular weight excluding hydrogens is 262 g/mol. The fraction of sp³-hybridized carbons (Fsp3) is 0.176. The minimum atomic E-state index is -0.173. The van der Waals surface area contributed by atoms with Gasteiger partial charge in [0.05, 0.1) is 11.9 Å². The number of hydrogen-bond donors (Lipinski definition) is 2. The topological polar surface area (TPSA) is 54.0 Å². The Balaban J connectivity index is 1.94. The first-order valence-electron chi connectivity index (χ1n) is 6.84. The average Bonchev–Trinajstić information content (AvgIpc) is 2.52. The SMILES string of the molecule is C=CCNc1ccc(C(=O)NCc2ccccc2C)nc1. The van der Waals surface area contributed by atoms with Crippen molar-refractivity contribution in [1.82, 2.24) is 10.3 Å². The highest BCUT2D eigenvalue weighted by Gasteiger charge is 2.07. The molecule has 0 spiro atoms. The van der Waals surface area contributed by atoms with Crippen LogP contribution < -0.4 is 10.6 Å². The van der Waals surface area contributed by atoms with Gasteiger partial charge in [-0.25, -0.2) is 4.98 Å². The summed E-state index contributed by atoms with van der Waals surface area (Å²) in [6.07, 6.45) is 3.41. The number of rotatable bonds is 6. The monoisotopic (exact) mass is 281 g/mol. The fourth-order valence-electron chi connectivity index (χ4n) is 1.90. The van der Waals surface area contributed by atoms with Crippen LogP contribution in [0.5, 0.6) is 0 Å². The third-order valence-corrected chi connectivity index (χ3v) is 3.15. The summed E-state index contributed by atoms with van der Waals surface area (Å²) < 4.78 is 0. The number of benzene rings is 1. The first-order valence-corrected chi connectivity index (χ1v) is 6.84. The molecule has 1 aromatic carbocycles. The quantitative estimate of drug-likeness (QED) is 0.800. The number of aryl methyl sites for hydroxylation is 1. The molecule has 4 heteroatoms. The summed E-state index contributed by atoms with van der Waals surface area (Å²) in [7, 11) is 0. The molecule has 2 rings (SSSR count). The number of carbonyl (C=O) groups is 1. The molecule has 1 aromatic heterocycles. The number of carbonyl (C=O) groups excluding carboxylic acids is 1. The predicted molar refractivity (Wildman–Crippen MR) is 85.3 cm³/mol. The third kappa shape index (κ3) is 4.18. The number of nitrogens with zero attached hydrogens (tertiary/aromatic N) is 1. The Morgan fingerprint density at radius 1 is 1.29 bits per heavy atom. The smallest absolute Gasteiger partial charge is 0.270 e. The van der Waals surface area contributed by atoms with Gasteiger partial charge in [-0.15, -0.1) is 6.58 Å². The minimum absolute atomic E-state index is 0.173. The molecule has 0 atom stereocenters. The highest BCUT2D eigenvalue weighted by Crippen LogP contribution is 2.08. The summed E-state index contributed by atoms with van der Waals surface area (Å²) in [6, 6.07) is 11.5. The summed E-state index contributed by atoms with van der Waals surface area (Å²) in [5.41, 5.74) is 3.54. The van der Waals surface area contributed by atoms with Crippen LogP contribution in [0.1, 0.15) is 21.6 Å². The van der Waals surface area contributed by atoms with Crippen molar-refractivity contribution in [2.24, 2.45) is 0 Å². The zero-order valence-electron chi connectivity index (χ0n) is 12.1. The van der Waals surface area contributed by atoms with E-state index >= 15 is 0 Å². The normalized spacial score (nSPS) is 9.95. The summed E-state index contributed by atoms with van der Waals surface area (Å²) in [5.74, 6) is -0.173. The van der Waals surface area contributed by atoms with Gasteiger partial charge in [-0.1, -0.05) is 30.3 Å². The Hall–Kier alpha value is -2.62. The molecule has 0 aliphatic rings. The van der Waals surface area contributed by atoms with E-state index in [0.717, 1.165) is 16.8 Å². The third-order valence-electron chi connectivity index (χ3n) is 3.15. The van der Waals surface area contributed by atoms with Crippen LogP contribution in [0.3, 0.4) is 0 Å². The van der Waals surface area contributed by atoms with E-state index in [4.69, 9.17) is 0 Å². The van der Waals surface area contributed by atoms with E-state index in [1.54, 1.807) is 18.3 Å². The van der Waals surface area contributed by atoms with Crippen LogP contribution in [-0.2, 0) is 6.54 Å². The van der Waals surface area contributed by atoms with Gasteiger partial charge in [-0.3, -0.25) is 4.79 Å². The van der Waals surface area contributed by atoms with E-state index in [-0.39, 0.29) is 5.91 Å². The Morgan fingerprint density at radius 3 is 2.76 bits per heavy atom. The van der Waals surface area contributed by atoms with Crippen molar-refractivity contribution < 1.29 is 4.79 Å². The lowest BCUT2D eigenvalue weighted by Crippen LogP contribution is -2.24. The van der Waals surface area contributed by atoms with Crippen molar-refractivity contribution in [3.8, 4) is 0 Å². The maximum atomic E-state index is 12.0. The highest BCUT2D eigenvalue weighted by atomic mass is 16.1. The van der Waals surface area contributed by atoms with E-state index < -0.39 is 0 Å². The maximum Gasteiger partial charge on any atom is 0.270 e. The zero-order chi connectivity index (χ0) is 15.1. The van der Waals surface area contributed by atoms with Gasteiger partial charge in [0.2, 0.25) is 0 Å². The van der Waals surface area contributed by atoms with Gasteiger partial charge < -0.3 is 10.6 Å². The molecular formula is C17H19N3O. The number of nitrogens with one attached hydrogen (secondary N) is 2. The molecule has 0 bridgehead atoms. The summed E-state index contributed by atoms with van der Waals surface area (Å²) >= 11 is 0. The van der Waals surface area contributed by atoms with Crippen LogP contribution in [0.25, 0.3) is 0 Å². The molecule has 0 fully saturated rings. The molecule has 0 saturated carbocycles. The molecule has 2 N–H and O–H groups in total. The van der Waals surface area contributed by atoms with Crippen LogP contribution in [0.15, 0.2) is 55.3 Å². The van der Waals surface area contributed by atoms with E-state index in [1.165, 1.54) is 0 Å². The van der Waals surface area contributed by atoms with E-state index in [1.807, 2.05) is 37.3 Å². The lowest BCUT2D eigenvalue weighted by molar-refractivity contribution is 0.0946. The molecule has 2 aromatic rings. The van der Waals surface area contributed by atoms with Crippen molar-refractivity contribution in [3.05, 3.63) is 72.1 Å². The maximum absolute atomic E-state index is 12.0. The fourth-order valence-corrected chi connectivity index (χ4v) is 1.90. The molecule has 0 unspecified atom stereocenters. The molecule has 21 heavy (non-hydrogen) atoms. The van der Waals surface area contributed by atoms with Crippen molar-refractivity contribution in [2.75, 3.05) is 11.9 Å². The van der Waals surface area contributed by atoms with Gasteiger partial charge >= 0.3 is 0 Å². The average molecular weight is 281 g/mol. The Kier molecular flexibility index (Phi) is 5.10. The first kappa shape index (κ1) is 14.8. The summed E-state index contributed by atoms with van der Waals surface area (Å²) in [6.45, 7) is 6.83. The standard InChI is InChI=1S/C17H19N3O/c1-3-10-18-15-8-9-16(19-12-15)17(21)20-11-14-7-5-4-6-13(14)2/h3-9,12,18H,1,10-11H2,2H3,(H,20,21). The van der Waals surface area contributed by atoms with Crippen LogP contribution in [0.4, 0.5) is 5.69 Å². The predicted octanol–water partition coefficient (Wildman–Crippen LogP) is 2.92. The minimum Gasteiger partial charge on any atom is -0.380 e. The second-order valence-electron chi connectivity index (χ2n) is 4.71. The number of amides is 1. The lowest BCUT2D eigenvalue weighted by Gasteiger charge is -2.08. The Morgan fingerprint density at radius 2 is 2.10 bits per heavy atom. The largest absolute Gasteiger partial charge is 0.380 e. The second kappa shape index (κ2) is 7.24. The van der Waals surface area contributed by atoms with E-state index in [2.05, 4.69) is 22.2 Å². The first-order chi connectivity index (χ1) is 10.2. The van der Waals surface area contributed by atoms with Gasteiger partial charge in [-0.2, -0.15) is 0 Å². The highest BCUT2D eigenvalue weighted by molar-refractivity contribution is 5.92. The summed E-state index contributed by atoms with van der Waals surface area (Å²) in [5, 5.41) is 5.99. The molecule has 108 valence electrons. The molecule has 1 amide bonds. The molecule has 0 aliphatic carbocycles. The van der Waals surface area contributed by atoms with Crippen molar-refractivity contribution in [3.63, 3.8) is 0 Å². The van der Waals surface area contributed by atoms with Crippen LogP contribution in [0.2, 0.25) is 0 Å². The van der Waals surface area contributed by atoms with Crippen molar-refractivity contribution in [2.45, 2.75) is 13.5 Å². The van der Waals surface area contributed by atoms with Gasteiger partial charge in [0.25, 0.3) is 5.91 Å². The van der Waals surface area contributed by atoms with Crippen molar-refractivity contribution in [1.29, 1.82) is 0 Å². The number of aromatic nitrogens is 1. The molecule has 0 saturated heterocycles. The van der Waals surface area contributed by atoms with Gasteiger partial charge in [-0.05, 0) is 30.2 Å². The molecule has 0 radical (unpaired) electrons. The van der Waals surface area contributed by atoms with Crippen molar-refractivity contribution >= 4 is 11.6 Å². The van der Waals surface area contributed by atoms with Crippen LogP contribution in [-0.4, -0.2) is 17.4 Å². The molecule has 0 aliphatic heterocycles. The lowest BCUT2D eigenvalue weighted by atomic mass is 10.1. The zero-order valence-corrected chi connectivity index (χ0v) is 12.1. The molecule has 4 nitrogen and oxygen atoms in total. The number of anilines is 1. The van der Waals surface area contributed by atoms with E-state index in [0.29, 0.717) is 18.8 Å². The van der Waals surface area contributed by atoms with Gasteiger partial charge in [0, 0.05) is 13.1 Å². The summed E-state index contributed by atoms with van der Waals surface area (Å²) in [4.78, 5) is 16.2. The van der Waals surface area contributed by atoms with Gasteiger partial charge in [0.15, 0.2) is 0 Å². The number of hydrogen-bond acceptors (Lipinski definition) is 3. The van der Waals surface area contributed by atoms with Crippen LogP contribution >= 0.6 is 0 Å². The van der Waals surface area contributed by atoms with Crippen LogP contribution in [0, 0.1) is 6.92 Å². The Labute approximate surface area is 124 Å².